The summed E-state index contributed by atoms with van der Waals surface area (Å²) in [5.41, 5.74) is 8.50. The van der Waals surface area contributed by atoms with Crippen molar-refractivity contribution in [3.8, 4) is 29.0 Å². The van der Waals surface area contributed by atoms with E-state index in [1.807, 2.05) is 31.2 Å². The van der Waals surface area contributed by atoms with Gasteiger partial charge in [0.25, 0.3) is 5.69 Å². The van der Waals surface area contributed by atoms with Crippen LogP contribution in [0.25, 0.3) is 11.3 Å². The highest BCUT2D eigenvalue weighted by Gasteiger charge is 2.37. The number of hydrogen-bond acceptors (Lipinski definition) is 7. The maximum atomic E-state index is 11.2. The number of H-pyrrole nitrogens is 1. The lowest BCUT2D eigenvalue weighted by atomic mass is 9.82. The predicted molar refractivity (Wildman–Crippen MR) is 108 cm³/mol. The fourth-order valence-electron chi connectivity index (χ4n) is 3.56. The molecule has 0 amide bonds. The van der Waals surface area contributed by atoms with Crippen LogP contribution in [0.2, 0.25) is 0 Å². The maximum absolute atomic E-state index is 11.2. The molecule has 0 radical (unpaired) electrons. The van der Waals surface area contributed by atoms with Crippen LogP contribution in [0.15, 0.2) is 60.0 Å². The summed E-state index contributed by atoms with van der Waals surface area (Å²) in [5.74, 6) is 0.154. The van der Waals surface area contributed by atoms with Crippen molar-refractivity contribution < 1.29 is 14.4 Å². The average molecular weight is 403 g/mol. The van der Waals surface area contributed by atoms with Gasteiger partial charge in [0.05, 0.1) is 28.7 Å². The number of para-hydroxylation sites is 1. The van der Waals surface area contributed by atoms with Crippen molar-refractivity contribution in [1.82, 2.24) is 10.2 Å². The SMILES string of the molecule is CCOc1ccccc1C1C(C#N)=C(N)Oc2n[nH]c(-c3cccc([N+](=O)[O-])c3)c21. The van der Waals surface area contributed by atoms with Crippen LogP contribution in [0.4, 0.5) is 5.69 Å². The second-order valence-corrected chi connectivity index (χ2v) is 6.52. The largest absolute Gasteiger partial charge is 0.494 e. The van der Waals surface area contributed by atoms with Gasteiger partial charge in [0.2, 0.25) is 11.8 Å². The van der Waals surface area contributed by atoms with Crippen molar-refractivity contribution in [2.45, 2.75) is 12.8 Å². The number of aromatic nitrogens is 2. The monoisotopic (exact) mass is 403 g/mol. The van der Waals surface area contributed by atoms with E-state index in [0.717, 1.165) is 5.56 Å². The van der Waals surface area contributed by atoms with Crippen LogP contribution in [0.5, 0.6) is 11.6 Å². The van der Waals surface area contributed by atoms with Crippen molar-refractivity contribution in [1.29, 1.82) is 5.26 Å². The van der Waals surface area contributed by atoms with Gasteiger partial charge in [-0.25, -0.2) is 0 Å². The van der Waals surface area contributed by atoms with Gasteiger partial charge in [0.15, 0.2) is 0 Å². The molecule has 1 unspecified atom stereocenters. The molecule has 2 aromatic carbocycles. The van der Waals surface area contributed by atoms with Gasteiger partial charge in [0.1, 0.15) is 17.4 Å². The van der Waals surface area contributed by atoms with Crippen LogP contribution in [0.1, 0.15) is 24.0 Å². The van der Waals surface area contributed by atoms with Gasteiger partial charge in [-0.15, -0.1) is 5.10 Å². The Morgan fingerprint density at radius 2 is 2.13 bits per heavy atom. The van der Waals surface area contributed by atoms with Crippen LogP contribution in [-0.4, -0.2) is 21.7 Å². The van der Waals surface area contributed by atoms with E-state index < -0.39 is 10.8 Å². The highest BCUT2D eigenvalue weighted by molar-refractivity contribution is 5.73. The van der Waals surface area contributed by atoms with Crippen LogP contribution in [0.3, 0.4) is 0 Å². The Labute approximate surface area is 171 Å². The summed E-state index contributed by atoms with van der Waals surface area (Å²) in [6.45, 7) is 2.31. The van der Waals surface area contributed by atoms with Crippen molar-refractivity contribution in [3.63, 3.8) is 0 Å². The molecule has 9 nitrogen and oxygen atoms in total. The number of nitrogens with one attached hydrogen (secondary N) is 1. The molecule has 1 aromatic heterocycles. The Bertz CT molecular complexity index is 1210. The maximum Gasteiger partial charge on any atom is 0.270 e. The number of rotatable bonds is 5. The van der Waals surface area contributed by atoms with E-state index in [4.69, 9.17) is 15.2 Å². The number of nitrogens with two attached hydrogens (primary N) is 1. The first-order chi connectivity index (χ1) is 14.5. The van der Waals surface area contributed by atoms with Crippen molar-refractivity contribution in [2.75, 3.05) is 6.61 Å². The smallest absolute Gasteiger partial charge is 0.270 e. The van der Waals surface area contributed by atoms with Crippen LogP contribution >= 0.6 is 0 Å². The minimum atomic E-state index is -0.616. The molecular weight excluding hydrogens is 386 g/mol. The predicted octanol–water partition coefficient (Wildman–Crippen LogP) is 3.60. The molecule has 0 saturated heterocycles. The summed E-state index contributed by atoms with van der Waals surface area (Å²) < 4.78 is 11.4. The zero-order valence-corrected chi connectivity index (χ0v) is 16.0. The van der Waals surface area contributed by atoms with Gasteiger partial charge in [-0.2, -0.15) is 5.26 Å². The van der Waals surface area contributed by atoms with Crippen LogP contribution in [0, 0.1) is 21.4 Å². The molecule has 150 valence electrons. The number of nitrogens with zero attached hydrogens (tertiary/aromatic N) is 3. The first-order valence-corrected chi connectivity index (χ1v) is 9.17. The summed E-state index contributed by atoms with van der Waals surface area (Å²) in [6.07, 6.45) is 0. The number of hydrogen-bond donors (Lipinski definition) is 2. The first kappa shape index (κ1) is 19.0. The summed E-state index contributed by atoms with van der Waals surface area (Å²) in [7, 11) is 0. The number of aromatic amines is 1. The third kappa shape index (κ3) is 3.10. The standard InChI is InChI=1S/C21H17N5O4/c1-2-29-16-9-4-3-8-14(16)17-15(11-22)20(23)30-21-18(17)19(24-25-21)12-6-5-7-13(10-12)26(27)28/h3-10,17H,2,23H2,1H3,(H,24,25). The minimum Gasteiger partial charge on any atom is -0.494 e. The molecule has 2 heterocycles. The minimum absolute atomic E-state index is 0.0432. The Morgan fingerprint density at radius 3 is 2.87 bits per heavy atom. The van der Waals surface area contributed by atoms with Gasteiger partial charge in [-0.1, -0.05) is 30.3 Å². The molecule has 0 spiro atoms. The van der Waals surface area contributed by atoms with E-state index in [1.165, 1.54) is 12.1 Å². The number of ether oxygens (including phenoxy) is 2. The molecule has 1 aliphatic rings. The molecule has 0 fully saturated rings. The third-order valence-corrected chi connectivity index (χ3v) is 4.81. The van der Waals surface area contributed by atoms with E-state index >= 15 is 0 Å². The lowest BCUT2D eigenvalue weighted by Crippen LogP contribution is -2.21. The molecule has 0 bridgehead atoms. The second-order valence-electron chi connectivity index (χ2n) is 6.52. The zero-order valence-electron chi connectivity index (χ0n) is 16.0. The highest BCUT2D eigenvalue weighted by atomic mass is 16.6. The fourth-order valence-corrected chi connectivity index (χ4v) is 3.56. The lowest BCUT2D eigenvalue weighted by Gasteiger charge is -2.25. The Morgan fingerprint density at radius 1 is 1.33 bits per heavy atom. The Balaban J connectivity index is 1.96. The number of allylic oxidation sites excluding steroid dienone is 1. The summed E-state index contributed by atoms with van der Waals surface area (Å²) in [4.78, 5) is 10.8. The molecule has 1 aliphatic heterocycles. The van der Waals surface area contributed by atoms with Crippen LogP contribution < -0.4 is 15.2 Å². The summed E-state index contributed by atoms with van der Waals surface area (Å²) >= 11 is 0. The number of fused-ring (bicyclic) bond motifs is 1. The van der Waals surface area contributed by atoms with Gasteiger partial charge >= 0.3 is 0 Å². The molecule has 1 atom stereocenters. The molecule has 30 heavy (non-hydrogen) atoms. The molecule has 4 rings (SSSR count). The molecule has 0 aliphatic carbocycles. The normalized spacial score (nSPS) is 15.1. The first-order valence-electron chi connectivity index (χ1n) is 9.17. The molecule has 3 aromatic rings. The molecular formula is C21H17N5O4. The zero-order chi connectivity index (χ0) is 21.3. The van der Waals surface area contributed by atoms with Crippen LogP contribution in [-0.2, 0) is 0 Å². The Hall–Kier alpha value is -4.32. The van der Waals surface area contributed by atoms with Gasteiger partial charge in [-0.3, -0.25) is 15.2 Å². The quantitative estimate of drug-likeness (QED) is 0.490. The summed E-state index contributed by atoms with van der Waals surface area (Å²) in [5, 5.41) is 28.1. The summed E-state index contributed by atoms with van der Waals surface area (Å²) in [6, 6.07) is 15.6. The second kappa shape index (κ2) is 7.60. The third-order valence-electron chi connectivity index (χ3n) is 4.81. The molecule has 3 N–H and O–H groups in total. The lowest BCUT2D eigenvalue weighted by molar-refractivity contribution is -0.384. The van der Waals surface area contributed by atoms with E-state index in [1.54, 1.807) is 12.1 Å². The van der Waals surface area contributed by atoms with Gasteiger partial charge in [0, 0.05) is 23.3 Å². The number of non-ortho nitro benzene ring substituents is 1. The van der Waals surface area contributed by atoms with E-state index in [2.05, 4.69) is 16.3 Å². The average Bonchev–Trinajstić information content (AvgIpc) is 3.17. The number of nitriles is 1. The van der Waals surface area contributed by atoms with Gasteiger partial charge < -0.3 is 15.2 Å². The fraction of sp³-hybridized carbons (Fsp3) is 0.143. The van der Waals surface area contributed by atoms with Crippen molar-refractivity contribution in [2.24, 2.45) is 5.73 Å². The topological polar surface area (TPSA) is 140 Å². The number of nitro benzene ring substituents is 1. The molecule has 0 saturated carbocycles. The van der Waals surface area contributed by atoms with Gasteiger partial charge in [-0.05, 0) is 13.0 Å². The number of benzene rings is 2. The van der Waals surface area contributed by atoms with E-state index in [9.17, 15) is 15.4 Å². The van der Waals surface area contributed by atoms with E-state index in [-0.39, 0.29) is 23.0 Å². The van der Waals surface area contributed by atoms with E-state index in [0.29, 0.717) is 29.2 Å². The highest BCUT2D eigenvalue weighted by Crippen LogP contribution is 2.47. The van der Waals surface area contributed by atoms with Crippen molar-refractivity contribution >= 4 is 5.69 Å². The Kier molecular flexibility index (Phi) is 4.82. The molecule has 9 heteroatoms. The van der Waals surface area contributed by atoms with Crippen molar-refractivity contribution in [3.05, 3.63) is 81.2 Å². The number of nitro groups is 1.